The summed E-state index contributed by atoms with van der Waals surface area (Å²) in [5.41, 5.74) is 3.95. The van der Waals surface area contributed by atoms with E-state index in [9.17, 15) is 9.59 Å². The lowest BCUT2D eigenvalue weighted by Crippen LogP contribution is -2.17. The maximum atomic E-state index is 12.8. The molecule has 2 aromatic heterocycles. The zero-order valence-electron chi connectivity index (χ0n) is 21.2. The number of fused-ring (bicyclic) bond motifs is 1. The molecule has 0 atom stereocenters. The summed E-state index contributed by atoms with van der Waals surface area (Å²) < 4.78 is 13.0. The van der Waals surface area contributed by atoms with E-state index in [-0.39, 0.29) is 24.2 Å². The maximum Gasteiger partial charge on any atom is 0.341 e. The molecule has 1 aliphatic rings. The summed E-state index contributed by atoms with van der Waals surface area (Å²) in [6, 6.07) is 5.97. The van der Waals surface area contributed by atoms with Gasteiger partial charge in [-0.2, -0.15) is 0 Å². The Bertz CT molecular complexity index is 1250. The number of hydrogen-bond donors (Lipinski definition) is 1. The van der Waals surface area contributed by atoms with Gasteiger partial charge in [0, 0.05) is 11.9 Å². The summed E-state index contributed by atoms with van der Waals surface area (Å²) >= 11 is 2.80. The molecule has 1 aliphatic carbocycles. The molecule has 1 aromatic carbocycles. The van der Waals surface area contributed by atoms with Gasteiger partial charge in [-0.15, -0.1) is 21.5 Å². The van der Waals surface area contributed by atoms with Crippen LogP contribution < -0.4 is 10.1 Å². The number of amides is 1. The van der Waals surface area contributed by atoms with Crippen molar-refractivity contribution in [1.29, 1.82) is 0 Å². The minimum absolute atomic E-state index is 0.148. The van der Waals surface area contributed by atoms with Gasteiger partial charge in [-0.1, -0.05) is 24.2 Å². The number of anilines is 1. The van der Waals surface area contributed by atoms with Crippen LogP contribution in [0.5, 0.6) is 5.75 Å². The zero-order chi connectivity index (χ0) is 25.7. The fraction of sp³-hybridized carbons (Fsp3) is 0.462. The highest BCUT2D eigenvalue weighted by Gasteiger charge is 2.26. The minimum Gasteiger partial charge on any atom is -0.486 e. The van der Waals surface area contributed by atoms with Gasteiger partial charge in [0.1, 0.15) is 17.4 Å². The van der Waals surface area contributed by atoms with Crippen LogP contribution in [0.4, 0.5) is 5.00 Å². The molecule has 0 saturated carbocycles. The molecule has 0 fully saturated rings. The number of nitrogens with zero attached hydrogens (tertiary/aromatic N) is 3. The zero-order valence-corrected chi connectivity index (χ0v) is 22.8. The van der Waals surface area contributed by atoms with Gasteiger partial charge in [0.2, 0.25) is 5.91 Å². The number of carbonyl (C=O) groups is 2. The van der Waals surface area contributed by atoms with E-state index in [2.05, 4.69) is 22.4 Å². The normalized spacial score (nSPS) is 13.1. The van der Waals surface area contributed by atoms with Crippen molar-refractivity contribution in [3.05, 3.63) is 51.2 Å². The largest absolute Gasteiger partial charge is 0.486 e. The van der Waals surface area contributed by atoms with Gasteiger partial charge < -0.3 is 19.4 Å². The number of thiophene rings is 1. The van der Waals surface area contributed by atoms with Crippen molar-refractivity contribution in [3.63, 3.8) is 0 Å². The van der Waals surface area contributed by atoms with Gasteiger partial charge in [-0.05, 0) is 75.3 Å². The Kier molecular flexibility index (Phi) is 8.68. The van der Waals surface area contributed by atoms with Crippen LogP contribution in [0.25, 0.3) is 0 Å². The molecule has 0 spiro atoms. The predicted octanol–water partition coefficient (Wildman–Crippen LogP) is 5.25. The van der Waals surface area contributed by atoms with Crippen molar-refractivity contribution < 1.29 is 19.1 Å². The molecule has 8 nitrogen and oxygen atoms in total. The summed E-state index contributed by atoms with van der Waals surface area (Å²) in [7, 11) is 1.86. The quantitative estimate of drug-likeness (QED) is 0.230. The van der Waals surface area contributed by atoms with Crippen LogP contribution in [0, 0.1) is 13.8 Å². The van der Waals surface area contributed by atoms with Crippen LogP contribution in [0.2, 0.25) is 0 Å². The molecule has 1 N–H and O–H groups in total. The second-order valence-electron chi connectivity index (χ2n) is 8.82. The highest BCUT2D eigenvalue weighted by atomic mass is 32.2. The van der Waals surface area contributed by atoms with Gasteiger partial charge in [-0.25, -0.2) is 4.79 Å². The van der Waals surface area contributed by atoms with Gasteiger partial charge in [0.15, 0.2) is 11.0 Å². The van der Waals surface area contributed by atoms with Crippen LogP contribution in [-0.2, 0) is 36.0 Å². The molecule has 0 unspecified atom stereocenters. The maximum absolute atomic E-state index is 12.8. The van der Waals surface area contributed by atoms with Crippen molar-refractivity contribution >= 4 is 40.0 Å². The minimum atomic E-state index is -0.360. The third-order valence-corrected chi connectivity index (χ3v) is 8.49. The van der Waals surface area contributed by atoms with E-state index in [1.165, 1.54) is 39.1 Å². The van der Waals surface area contributed by atoms with Crippen molar-refractivity contribution in [2.45, 2.75) is 64.6 Å². The standard InChI is InChI=1S/C26H32N4O4S2/c1-5-33-25(32)23-19-9-7-6-8-10-20(19)36-24(23)27-22(31)15-35-26-29-28-21(30(26)4)14-34-18-12-11-16(2)17(3)13-18/h11-13H,5-10,14-15H2,1-4H3,(H,27,31). The van der Waals surface area contributed by atoms with E-state index in [1.54, 1.807) is 6.92 Å². The molecule has 4 rings (SSSR count). The van der Waals surface area contributed by atoms with Crippen LogP contribution in [0.15, 0.2) is 23.4 Å². The number of hydrogen-bond acceptors (Lipinski definition) is 8. The number of aromatic nitrogens is 3. The number of aryl methyl sites for hydroxylation is 3. The molecule has 0 saturated heterocycles. The van der Waals surface area contributed by atoms with Gasteiger partial charge >= 0.3 is 5.97 Å². The Balaban J connectivity index is 1.38. The number of rotatable bonds is 9. The fourth-order valence-corrected chi connectivity index (χ4v) is 6.11. The fourth-order valence-electron chi connectivity index (χ4n) is 4.09. The average Bonchev–Trinajstić information content (AvgIpc) is 3.28. The first-order chi connectivity index (χ1) is 17.4. The molecule has 2 heterocycles. The number of thioether (sulfide) groups is 1. The molecule has 0 bridgehead atoms. The Hall–Kier alpha value is -2.85. The van der Waals surface area contributed by atoms with Crippen molar-refractivity contribution in [2.75, 3.05) is 17.7 Å². The topological polar surface area (TPSA) is 95.3 Å². The Morgan fingerprint density at radius 3 is 2.72 bits per heavy atom. The van der Waals surface area contributed by atoms with Gasteiger partial charge in [0.25, 0.3) is 0 Å². The monoisotopic (exact) mass is 528 g/mol. The first kappa shape index (κ1) is 26.2. The van der Waals surface area contributed by atoms with Gasteiger partial charge in [0.05, 0.1) is 17.9 Å². The summed E-state index contributed by atoms with van der Waals surface area (Å²) in [5, 5.41) is 12.6. The van der Waals surface area contributed by atoms with E-state index in [1.807, 2.05) is 36.7 Å². The first-order valence-corrected chi connectivity index (χ1v) is 14.0. The number of benzene rings is 1. The van der Waals surface area contributed by atoms with Crippen LogP contribution in [0.3, 0.4) is 0 Å². The highest BCUT2D eigenvalue weighted by molar-refractivity contribution is 7.99. The summed E-state index contributed by atoms with van der Waals surface area (Å²) in [6.07, 6.45) is 5.07. The highest BCUT2D eigenvalue weighted by Crippen LogP contribution is 2.38. The number of carbonyl (C=O) groups excluding carboxylic acids is 2. The first-order valence-electron chi connectivity index (χ1n) is 12.2. The number of ether oxygens (including phenoxy) is 2. The number of nitrogens with one attached hydrogen (secondary N) is 1. The molecule has 36 heavy (non-hydrogen) atoms. The lowest BCUT2D eigenvalue weighted by molar-refractivity contribution is -0.113. The lowest BCUT2D eigenvalue weighted by Gasteiger charge is -2.09. The Morgan fingerprint density at radius 1 is 1.14 bits per heavy atom. The molecular weight excluding hydrogens is 496 g/mol. The molecular formula is C26H32N4O4S2. The summed E-state index contributed by atoms with van der Waals surface area (Å²) in [4.78, 5) is 26.7. The molecule has 0 aliphatic heterocycles. The third kappa shape index (κ3) is 6.10. The van der Waals surface area contributed by atoms with E-state index < -0.39 is 0 Å². The molecule has 10 heteroatoms. The van der Waals surface area contributed by atoms with Crippen LogP contribution >= 0.6 is 23.1 Å². The smallest absolute Gasteiger partial charge is 0.341 e. The SMILES string of the molecule is CCOC(=O)c1c(NC(=O)CSc2nnc(COc3ccc(C)c(C)c3)n2C)sc2c1CCCCC2. The van der Waals surface area contributed by atoms with Crippen LogP contribution in [0.1, 0.15) is 63.9 Å². The Labute approximate surface area is 219 Å². The van der Waals surface area contributed by atoms with Crippen LogP contribution in [-0.4, -0.2) is 39.0 Å². The summed E-state index contributed by atoms with van der Waals surface area (Å²) in [5.74, 6) is 1.04. The lowest BCUT2D eigenvalue weighted by atomic mass is 10.1. The molecule has 0 radical (unpaired) electrons. The van der Waals surface area contributed by atoms with Gasteiger partial charge in [-0.3, -0.25) is 4.79 Å². The van der Waals surface area contributed by atoms with Crippen molar-refractivity contribution in [3.8, 4) is 5.75 Å². The average molecular weight is 529 g/mol. The molecule has 192 valence electrons. The number of esters is 1. The van der Waals surface area contributed by atoms with E-state index in [0.29, 0.717) is 28.2 Å². The van der Waals surface area contributed by atoms with E-state index in [4.69, 9.17) is 9.47 Å². The van der Waals surface area contributed by atoms with E-state index in [0.717, 1.165) is 43.4 Å². The second kappa shape index (κ2) is 11.9. The van der Waals surface area contributed by atoms with E-state index >= 15 is 0 Å². The van der Waals surface area contributed by atoms with Crippen molar-refractivity contribution in [2.24, 2.45) is 7.05 Å². The predicted molar refractivity (Wildman–Crippen MR) is 142 cm³/mol. The second-order valence-corrected chi connectivity index (χ2v) is 10.9. The molecule has 1 amide bonds. The Morgan fingerprint density at radius 2 is 1.94 bits per heavy atom. The third-order valence-electron chi connectivity index (χ3n) is 6.26. The molecule has 3 aromatic rings. The van der Waals surface area contributed by atoms with Crippen molar-refractivity contribution in [1.82, 2.24) is 14.8 Å². The summed E-state index contributed by atoms with van der Waals surface area (Å²) in [6.45, 7) is 6.48.